The first-order valence-electron chi connectivity index (χ1n) is 11.7. The molecule has 0 amide bonds. The summed E-state index contributed by atoms with van der Waals surface area (Å²) in [5, 5.41) is 8.12. The Bertz CT molecular complexity index is 1240. The van der Waals surface area contributed by atoms with E-state index in [0.29, 0.717) is 49.1 Å². The molecule has 3 aromatic rings. The third-order valence-electron chi connectivity index (χ3n) is 7.24. The van der Waals surface area contributed by atoms with E-state index in [4.69, 9.17) is 4.74 Å². The number of fused-ring (bicyclic) bond motifs is 3. The van der Waals surface area contributed by atoms with Crippen LogP contribution in [0, 0.1) is 29.3 Å². The molecule has 9 nitrogen and oxygen atoms in total. The van der Waals surface area contributed by atoms with Gasteiger partial charge in [0.15, 0.2) is 17.5 Å². The summed E-state index contributed by atoms with van der Waals surface area (Å²) in [4.78, 5) is 17.0. The highest BCUT2D eigenvalue weighted by atomic mass is 19.2. The van der Waals surface area contributed by atoms with Gasteiger partial charge in [-0.3, -0.25) is 0 Å². The van der Waals surface area contributed by atoms with Crippen molar-refractivity contribution in [2.75, 3.05) is 41.9 Å². The van der Waals surface area contributed by atoms with Crippen LogP contribution in [0.4, 0.5) is 36.6 Å². The lowest BCUT2D eigenvalue weighted by Gasteiger charge is -2.38. The number of anilines is 4. The maximum Gasteiger partial charge on any atom is 0.244 e. The van der Waals surface area contributed by atoms with Crippen molar-refractivity contribution in [2.24, 2.45) is 11.8 Å². The number of benzene rings is 1. The molecule has 1 N–H and O–H groups in total. The molecule has 35 heavy (non-hydrogen) atoms. The fourth-order valence-corrected chi connectivity index (χ4v) is 5.58. The summed E-state index contributed by atoms with van der Waals surface area (Å²) in [6.45, 7) is 2.74. The second-order valence-corrected chi connectivity index (χ2v) is 9.25. The van der Waals surface area contributed by atoms with Gasteiger partial charge in [-0.2, -0.15) is 4.98 Å². The Morgan fingerprint density at radius 2 is 1.83 bits per heavy atom. The van der Waals surface area contributed by atoms with Gasteiger partial charge in [0.25, 0.3) is 0 Å². The molecule has 2 aliphatic heterocycles. The quantitative estimate of drug-likeness (QED) is 0.550. The maximum absolute atomic E-state index is 14.5. The molecule has 3 aliphatic rings. The minimum absolute atomic E-state index is 0.0440. The summed E-state index contributed by atoms with van der Waals surface area (Å²) in [5.74, 6) is -0.871. The lowest BCUT2D eigenvalue weighted by Crippen LogP contribution is -2.48. The molecule has 2 fully saturated rings. The number of hydrogen-bond donors (Lipinski definition) is 1. The second-order valence-electron chi connectivity index (χ2n) is 9.25. The van der Waals surface area contributed by atoms with E-state index >= 15 is 0 Å². The second kappa shape index (κ2) is 8.58. The number of halogens is 3. The van der Waals surface area contributed by atoms with Crippen molar-refractivity contribution in [2.45, 2.75) is 31.8 Å². The molecule has 12 heteroatoms. The number of aryl methyl sites for hydroxylation is 1. The Morgan fingerprint density at radius 1 is 1.03 bits per heavy atom. The van der Waals surface area contributed by atoms with Gasteiger partial charge in [0.2, 0.25) is 17.8 Å². The minimum Gasteiger partial charge on any atom is -0.481 e. The van der Waals surface area contributed by atoms with E-state index in [0.717, 1.165) is 37.8 Å². The van der Waals surface area contributed by atoms with Crippen molar-refractivity contribution >= 4 is 23.4 Å². The minimum atomic E-state index is -1.48. The van der Waals surface area contributed by atoms with Crippen LogP contribution in [0.15, 0.2) is 24.5 Å². The summed E-state index contributed by atoms with van der Waals surface area (Å²) in [7, 11) is 1.59. The summed E-state index contributed by atoms with van der Waals surface area (Å²) >= 11 is 0. The van der Waals surface area contributed by atoms with Crippen molar-refractivity contribution in [1.29, 1.82) is 0 Å². The third-order valence-corrected chi connectivity index (χ3v) is 7.24. The molecule has 0 radical (unpaired) electrons. The molecule has 184 valence electrons. The number of nitrogens with one attached hydrogen (secondary N) is 1. The Morgan fingerprint density at radius 3 is 2.60 bits per heavy atom. The van der Waals surface area contributed by atoms with Crippen LogP contribution in [-0.4, -0.2) is 57.5 Å². The fraction of sp³-hybridized carbons (Fsp3) is 0.478. The zero-order valence-electron chi connectivity index (χ0n) is 19.2. The molecule has 1 aromatic carbocycles. The molecule has 1 unspecified atom stereocenters. The van der Waals surface area contributed by atoms with Crippen LogP contribution in [0.25, 0.3) is 0 Å². The van der Waals surface area contributed by atoms with Gasteiger partial charge in [0.05, 0.1) is 12.8 Å². The Balaban J connectivity index is 1.21. The first-order valence-corrected chi connectivity index (χ1v) is 11.7. The largest absolute Gasteiger partial charge is 0.481 e. The number of nitrogens with zero attached hydrogens (tertiary/aromatic N) is 7. The van der Waals surface area contributed by atoms with Gasteiger partial charge in [-0.05, 0) is 43.2 Å². The summed E-state index contributed by atoms with van der Waals surface area (Å²) in [5.41, 5.74) is -0.0440. The van der Waals surface area contributed by atoms with Gasteiger partial charge in [0.1, 0.15) is 12.1 Å². The molecule has 2 aromatic heterocycles. The first kappa shape index (κ1) is 21.9. The average Bonchev–Trinajstić information content (AvgIpc) is 3.38. The number of methoxy groups -OCH3 is 1. The van der Waals surface area contributed by atoms with Crippen molar-refractivity contribution in [3.63, 3.8) is 0 Å². The SMILES string of the molecule is COc1cc(N2CC3CC[C@@H](C2)[C@@H]3Nc2nc3n(n2)CCCN3c2ccc(F)c(F)c2F)ncn1. The molecule has 6 rings (SSSR count). The van der Waals surface area contributed by atoms with E-state index in [2.05, 4.69) is 30.3 Å². The number of aromatic nitrogens is 5. The molecular formula is C23H25F3N8O. The zero-order valence-corrected chi connectivity index (χ0v) is 19.2. The summed E-state index contributed by atoms with van der Waals surface area (Å²) in [6, 6.07) is 4.22. The Kier molecular flexibility index (Phi) is 5.37. The predicted molar refractivity (Wildman–Crippen MR) is 122 cm³/mol. The molecule has 3 atom stereocenters. The van der Waals surface area contributed by atoms with Crippen LogP contribution in [-0.2, 0) is 6.54 Å². The highest BCUT2D eigenvalue weighted by Gasteiger charge is 2.43. The van der Waals surface area contributed by atoms with Crippen LogP contribution >= 0.6 is 0 Å². The lowest BCUT2D eigenvalue weighted by atomic mass is 9.92. The van der Waals surface area contributed by atoms with E-state index in [1.54, 1.807) is 16.7 Å². The maximum atomic E-state index is 14.5. The molecule has 1 saturated heterocycles. The van der Waals surface area contributed by atoms with E-state index in [-0.39, 0.29) is 11.7 Å². The van der Waals surface area contributed by atoms with E-state index in [1.807, 2.05) is 6.07 Å². The highest BCUT2D eigenvalue weighted by Crippen LogP contribution is 2.40. The van der Waals surface area contributed by atoms with E-state index in [9.17, 15) is 13.2 Å². The zero-order chi connectivity index (χ0) is 24.1. The third kappa shape index (κ3) is 3.80. The topological polar surface area (TPSA) is 84.2 Å². The molecule has 2 bridgehead atoms. The normalized spacial score (nSPS) is 23.4. The smallest absolute Gasteiger partial charge is 0.244 e. The van der Waals surface area contributed by atoms with Crippen molar-refractivity contribution in [1.82, 2.24) is 24.7 Å². The Hall–Kier alpha value is -3.57. The summed E-state index contributed by atoms with van der Waals surface area (Å²) < 4.78 is 48.8. The van der Waals surface area contributed by atoms with Crippen LogP contribution in [0.3, 0.4) is 0 Å². The van der Waals surface area contributed by atoms with Crippen LogP contribution in [0.5, 0.6) is 5.88 Å². The monoisotopic (exact) mass is 486 g/mol. The van der Waals surface area contributed by atoms with Gasteiger partial charge in [0, 0.05) is 38.3 Å². The lowest BCUT2D eigenvalue weighted by molar-refractivity contribution is 0.372. The van der Waals surface area contributed by atoms with Crippen molar-refractivity contribution < 1.29 is 17.9 Å². The number of piperidine rings is 1. The average molecular weight is 487 g/mol. The van der Waals surface area contributed by atoms with Gasteiger partial charge in [-0.25, -0.2) is 27.8 Å². The van der Waals surface area contributed by atoms with E-state index in [1.165, 1.54) is 12.4 Å². The van der Waals surface area contributed by atoms with Gasteiger partial charge in [-0.1, -0.05) is 0 Å². The predicted octanol–water partition coefficient (Wildman–Crippen LogP) is 3.36. The summed E-state index contributed by atoms with van der Waals surface area (Å²) in [6.07, 6.45) is 4.36. The van der Waals surface area contributed by atoms with Gasteiger partial charge < -0.3 is 19.9 Å². The number of ether oxygens (including phenoxy) is 1. The van der Waals surface area contributed by atoms with Crippen molar-refractivity contribution in [3.8, 4) is 5.88 Å². The van der Waals surface area contributed by atoms with Gasteiger partial charge >= 0.3 is 0 Å². The van der Waals surface area contributed by atoms with Crippen LogP contribution in [0.1, 0.15) is 19.3 Å². The van der Waals surface area contributed by atoms with Crippen molar-refractivity contribution in [3.05, 3.63) is 42.0 Å². The molecule has 0 spiro atoms. The fourth-order valence-electron chi connectivity index (χ4n) is 5.58. The standard InChI is InChI=1S/C23H25F3N8O/c1-35-18-9-17(27-12-28-18)32-10-13-3-4-14(11-32)21(13)29-22-30-23-33(7-2-8-34(23)31-22)16-6-5-15(24)19(25)20(16)26/h5-6,9,12-14,21H,2-4,7-8,10-11H2,1H3,(H,29,31)/t13-,14?,21-/m0/s1. The molecule has 1 aliphatic carbocycles. The highest BCUT2D eigenvalue weighted by molar-refractivity contribution is 5.60. The molecular weight excluding hydrogens is 461 g/mol. The number of rotatable bonds is 5. The number of hydrogen-bond acceptors (Lipinski definition) is 8. The van der Waals surface area contributed by atoms with Crippen LogP contribution < -0.4 is 19.9 Å². The molecule has 1 saturated carbocycles. The van der Waals surface area contributed by atoms with Crippen LogP contribution in [0.2, 0.25) is 0 Å². The van der Waals surface area contributed by atoms with Gasteiger partial charge in [-0.15, -0.1) is 5.10 Å². The Labute approximate surface area is 199 Å². The molecule has 4 heterocycles. The van der Waals surface area contributed by atoms with E-state index < -0.39 is 17.5 Å². The first-order chi connectivity index (χ1) is 17.0.